The van der Waals surface area contributed by atoms with Crippen LogP contribution in [0.3, 0.4) is 0 Å². The van der Waals surface area contributed by atoms with Crippen molar-refractivity contribution in [3.05, 3.63) is 0 Å². The summed E-state index contributed by atoms with van der Waals surface area (Å²) < 4.78 is 23.9. The zero-order chi connectivity index (χ0) is 10.5. The summed E-state index contributed by atoms with van der Waals surface area (Å²) in [6.45, 7) is 0. The summed E-state index contributed by atoms with van der Waals surface area (Å²) in [7, 11) is 0. The van der Waals surface area contributed by atoms with E-state index in [4.69, 9.17) is 4.84 Å². The molecule has 0 radical (unpaired) electrons. The van der Waals surface area contributed by atoms with Gasteiger partial charge in [-0.2, -0.15) is 0 Å². The van der Waals surface area contributed by atoms with Gasteiger partial charge in [-0.15, -0.1) is 8.78 Å². The fourth-order valence-electron chi connectivity index (χ4n) is 4.27. The van der Waals surface area contributed by atoms with Crippen molar-refractivity contribution in [3.8, 4) is 0 Å². The van der Waals surface area contributed by atoms with Gasteiger partial charge in [-0.05, 0) is 61.4 Å². The van der Waals surface area contributed by atoms with Crippen LogP contribution in [0, 0.1) is 17.8 Å². The SMILES string of the molecule is FC(F)=NOC12CC3CC(CC(C3)C1)C2. The molecule has 2 nitrogen and oxygen atoms in total. The number of nitrogens with zero attached hydrogens (tertiary/aromatic N) is 1. The van der Waals surface area contributed by atoms with Crippen LogP contribution in [0.15, 0.2) is 5.16 Å². The van der Waals surface area contributed by atoms with Crippen LogP contribution < -0.4 is 0 Å². The monoisotopic (exact) mass is 215 g/mol. The average molecular weight is 215 g/mol. The van der Waals surface area contributed by atoms with Crippen LogP contribution in [0.2, 0.25) is 0 Å². The molecule has 4 bridgehead atoms. The average Bonchev–Trinajstić information content (AvgIpc) is 2.12. The van der Waals surface area contributed by atoms with E-state index in [0.717, 1.165) is 19.3 Å². The number of hydrogen-bond donors (Lipinski definition) is 0. The van der Waals surface area contributed by atoms with E-state index in [0.29, 0.717) is 17.8 Å². The van der Waals surface area contributed by atoms with Gasteiger partial charge in [-0.3, -0.25) is 0 Å². The molecular formula is C11H15F2NO. The normalized spacial score (nSPS) is 46.7. The molecule has 0 aromatic carbocycles. The van der Waals surface area contributed by atoms with Crippen molar-refractivity contribution >= 4 is 6.22 Å². The Hall–Kier alpha value is -0.670. The summed E-state index contributed by atoms with van der Waals surface area (Å²) in [6, 6.07) is 0. The summed E-state index contributed by atoms with van der Waals surface area (Å²) in [5.41, 5.74) is -0.335. The molecule has 0 aromatic heterocycles. The van der Waals surface area contributed by atoms with Crippen LogP contribution in [0.1, 0.15) is 38.5 Å². The molecule has 0 aromatic rings. The molecule has 4 saturated carbocycles. The molecule has 0 atom stereocenters. The van der Waals surface area contributed by atoms with Crippen LogP contribution in [0.25, 0.3) is 0 Å². The fourth-order valence-corrected chi connectivity index (χ4v) is 4.27. The summed E-state index contributed by atoms with van der Waals surface area (Å²) in [5.74, 6) is 2.11. The Bertz CT molecular complexity index is 264. The molecule has 84 valence electrons. The lowest BCUT2D eigenvalue weighted by Crippen LogP contribution is -2.51. The zero-order valence-corrected chi connectivity index (χ0v) is 8.59. The van der Waals surface area contributed by atoms with Crippen molar-refractivity contribution in [3.63, 3.8) is 0 Å². The molecule has 0 amide bonds. The second-order valence-corrected chi connectivity index (χ2v) is 5.52. The fraction of sp³-hybridized carbons (Fsp3) is 0.909. The highest BCUT2D eigenvalue weighted by Gasteiger charge is 2.53. The van der Waals surface area contributed by atoms with E-state index in [9.17, 15) is 8.78 Å². The molecule has 15 heavy (non-hydrogen) atoms. The van der Waals surface area contributed by atoms with Crippen molar-refractivity contribution in [1.82, 2.24) is 0 Å². The highest BCUT2D eigenvalue weighted by Crippen LogP contribution is 2.57. The molecule has 0 heterocycles. The van der Waals surface area contributed by atoms with Crippen LogP contribution in [0.5, 0.6) is 0 Å². The molecule has 4 aliphatic rings. The third kappa shape index (κ3) is 1.64. The van der Waals surface area contributed by atoms with Gasteiger partial charge in [0.2, 0.25) is 0 Å². The number of oxime groups is 1. The molecular weight excluding hydrogens is 200 g/mol. The molecule has 0 saturated heterocycles. The summed E-state index contributed by atoms with van der Waals surface area (Å²) in [6.07, 6.45) is 4.71. The van der Waals surface area contributed by atoms with Crippen molar-refractivity contribution < 1.29 is 13.6 Å². The summed E-state index contributed by atoms with van der Waals surface area (Å²) in [5, 5.41) is 2.90. The molecule has 0 N–H and O–H groups in total. The first-order valence-electron chi connectivity index (χ1n) is 5.72. The lowest BCUT2D eigenvalue weighted by molar-refractivity contribution is -0.163. The Balaban J connectivity index is 1.78. The maximum atomic E-state index is 11.9. The van der Waals surface area contributed by atoms with Gasteiger partial charge in [0.25, 0.3) is 0 Å². The summed E-state index contributed by atoms with van der Waals surface area (Å²) in [4.78, 5) is 5.14. The van der Waals surface area contributed by atoms with E-state index in [1.807, 2.05) is 0 Å². The standard InChI is InChI=1S/C11H15F2NO/c12-10(13)14-15-11-4-7-1-8(5-11)3-9(2-7)6-11/h7-9H,1-6H2. The lowest BCUT2D eigenvalue weighted by atomic mass is 9.54. The molecule has 0 unspecified atom stereocenters. The molecule has 0 aliphatic heterocycles. The Morgan fingerprint density at radius 1 is 1.00 bits per heavy atom. The molecule has 4 fully saturated rings. The number of halogens is 2. The molecule has 0 spiro atoms. The van der Waals surface area contributed by atoms with Gasteiger partial charge in [0.1, 0.15) is 5.60 Å². The maximum Gasteiger partial charge on any atom is 0.397 e. The molecule has 4 rings (SSSR count). The van der Waals surface area contributed by atoms with Crippen molar-refractivity contribution in [1.29, 1.82) is 0 Å². The minimum absolute atomic E-state index is 0.335. The Labute approximate surface area is 87.7 Å². The second kappa shape index (κ2) is 3.16. The number of hydrogen-bond acceptors (Lipinski definition) is 2. The van der Waals surface area contributed by atoms with Gasteiger partial charge in [-0.1, -0.05) is 0 Å². The Morgan fingerprint density at radius 2 is 1.47 bits per heavy atom. The topological polar surface area (TPSA) is 21.6 Å². The van der Waals surface area contributed by atoms with Gasteiger partial charge < -0.3 is 4.84 Å². The van der Waals surface area contributed by atoms with Crippen molar-refractivity contribution in [2.75, 3.05) is 0 Å². The van der Waals surface area contributed by atoms with E-state index >= 15 is 0 Å². The molecule has 4 aliphatic carbocycles. The third-order valence-electron chi connectivity index (χ3n) is 4.29. The second-order valence-electron chi connectivity index (χ2n) is 5.52. The van der Waals surface area contributed by atoms with Crippen LogP contribution in [-0.2, 0) is 4.84 Å². The maximum absolute atomic E-state index is 11.9. The third-order valence-corrected chi connectivity index (χ3v) is 4.29. The zero-order valence-electron chi connectivity index (χ0n) is 8.59. The summed E-state index contributed by atoms with van der Waals surface area (Å²) >= 11 is 0. The smallest absolute Gasteiger partial charge is 0.385 e. The predicted molar refractivity (Wildman–Crippen MR) is 51.6 cm³/mol. The number of rotatable bonds is 2. The van der Waals surface area contributed by atoms with Crippen LogP contribution >= 0.6 is 0 Å². The molecule has 4 heteroatoms. The van der Waals surface area contributed by atoms with Gasteiger partial charge in [0.05, 0.1) is 0 Å². The first-order valence-corrected chi connectivity index (χ1v) is 5.72. The van der Waals surface area contributed by atoms with Gasteiger partial charge in [-0.25, -0.2) is 0 Å². The first-order chi connectivity index (χ1) is 7.15. The predicted octanol–water partition coefficient (Wildman–Crippen LogP) is 3.18. The van der Waals surface area contributed by atoms with E-state index in [1.165, 1.54) is 19.3 Å². The minimum atomic E-state index is -1.95. The van der Waals surface area contributed by atoms with E-state index in [-0.39, 0.29) is 5.60 Å². The Morgan fingerprint density at radius 3 is 1.87 bits per heavy atom. The highest BCUT2D eigenvalue weighted by molar-refractivity contribution is 5.62. The van der Waals surface area contributed by atoms with Gasteiger partial charge in [0, 0.05) is 0 Å². The first kappa shape index (κ1) is 9.55. The minimum Gasteiger partial charge on any atom is -0.385 e. The van der Waals surface area contributed by atoms with E-state index in [1.54, 1.807) is 0 Å². The Kier molecular flexibility index (Phi) is 2.01. The van der Waals surface area contributed by atoms with Crippen LogP contribution in [0.4, 0.5) is 8.78 Å². The van der Waals surface area contributed by atoms with Crippen LogP contribution in [-0.4, -0.2) is 11.8 Å². The lowest BCUT2D eigenvalue weighted by Gasteiger charge is -2.54. The van der Waals surface area contributed by atoms with E-state index < -0.39 is 6.22 Å². The van der Waals surface area contributed by atoms with Crippen molar-refractivity contribution in [2.45, 2.75) is 44.1 Å². The quantitative estimate of drug-likeness (QED) is 0.512. The van der Waals surface area contributed by atoms with Crippen molar-refractivity contribution in [2.24, 2.45) is 22.9 Å². The largest absolute Gasteiger partial charge is 0.397 e. The van der Waals surface area contributed by atoms with E-state index in [2.05, 4.69) is 5.16 Å². The van der Waals surface area contributed by atoms with Gasteiger partial charge >= 0.3 is 6.22 Å². The highest BCUT2D eigenvalue weighted by atomic mass is 19.3. The van der Waals surface area contributed by atoms with Gasteiger partial charge in [0.15, 0.2) is 0 Å².